The van der Waals surface area contributed by atoms with Crippen molar-refractivity contribution >= 4 is 45.6 Å². The van der Waals surface area contributed by atoms with E-state index in [0.717, 1.165) is 16.1 Å². The maximum absolute atomic E-state index is 13.2. The predicted octanol–water partition coefficient (Wildman–Crippen LogP) is 4.62. The van der Waals surface area contributed by atoms with Crippen molar-refractivity contribution in [1.29, 1.82) is 0 Å². The standard InChI is InChI=1S/C21H22ClN5O2S/c1-11-12(2)30-20(24-11)26-21(29)27(17-8-9-18(17)28)19-15(23)6-7-16(25-19)13-4-3-5-14(22)10-13/h3-7,10,17-18,28H,8-9,23H2,1-2H3,(H,24,26,29)/t17?,18-/m1/s1. The van der Waals surface area contributed by atoms with Crippen LogP contribution in [0.25, 0.3) is 11.3 Å². The third-order valence-corrected chi connectivity index (χ3v) is 6.47. The number of amides is 2. The topological polar surface area (TPSA) is 104 Å². The molecule has 1 aliphatic rings. The van der Waals surface area contributed by atoms with Crippen molar-refractivity contribution in [2.24, 2.45) is 0 Å². The van der Waals surface area contributed by atoms with Gasteiger partial charge < -0.3 is 10.8 Å². The average molecular weight is 444 g/mol. The molecule has 0 radical (unpaired) electrons. The van der Waals surface area contributed by atoms with Crippen LogP contribution >= 0.6 is 22.9 Å². The summed E-state index contributed by atoms with van der Waals surface area (Å²) in [4.78, 5) is 24.7. The molecule has 2 amide bonds. The smallest absolute Gasteiger partial charge is 0.329 e. The second-order valence-corrected chi connectivity index (χ2v) is 8.93. The number of thiazole rings is 1. The van der Waals surface area contributed by atoms with Gasteiger partial charge in [0.2, 0.25) is 0 Å². The Kier molecular flexibility index (Phi) is 5.64. The first-order valence-electron chi connectivity index (χ1n) is 9.58. The fourth-order valence-corrected chi connectivity index (χ4v) is 4.30. The van der Waals surface area contributed by atoms with Crippen molar-refractivity contribution in [2.45, 2.75) is 38.8 Å². The minimum atomic E-state index is -0.633. The zero-order chi connectivity index (χ0) is 21.4. The first-order chi connectivity index (χ1) is 14.3. The molecular formula is C21H22ClN5O2S. The van der Waals surface area contributed by atoms with E-state index in [9.17, 15) is 9.90 Å². The van der Waals surface area contributed by atoms with Gasteiger partial charge in [-0.1, -0.05) is 23.7 Å². The van der Waals surface area contributed by atoms with E-state index in [-0.39, 0.29) is 0 Å². The summed E-state index contributed by atoms with van der Waals surface area (Å²) < 4.78 is 0. The summed E-state index contributed by atoms with van der Waals surface area (Å²) in [5, 5.41) is 14.2. The van der Waals surface area contributed by atoms with Crippen LogP contribution in [0.1, 0.15) is 23.4 Å². The van der Waals surface area contributed by atoms with Gasteiger partial charge in [0.25, 0.3) is 0 Å². The minimum absolute atomic E-state index is 0.304. The molecule has 0 bridgehead atoms. The molecule has 156 valence electrons. The molecule has 1 fully saturated rings. The number of hydrogen-bond acceptors (Lipinski definition) is 6. The minimum Gasteiger partial charge on any atom is -0.396 e. The van der Waals surface area contributed by atoms with Crippen LogP contribution in [0.3, 0.4) is 0 Å². The molecule has 2 heterocycles. The van der Waals surface area contributed by atoms with Crippen LogP contribution in [0.2, 0.25) is 5.02 Å². The maximum Gasteiger partial charge on any atom is 0.329 e. The Morgan fingerprint density at radius 2 is 2.07 bits per heavy atom. The number of aliphatic hydroxyl groups excluding tert-OH is 1. The zero-order valence-electron chi connectivity index (χ0n) is 16.6. The van der Waals surface area contributed by atoms with E-state index in [1.807, 2.05) is 26.0 Å². The maximum atomic E-state index is 13.2. The third kappa shape index (κ3) is 3.98. The molecule has 2 atom stereocenters. The first kappa shape index (κ1) is 20.6. The number of aromatic nitrogens is 2. The van der Waals surface area contributed by atoms with E-state index < -0.39 is 18.2 Å². The highest BCUT2D eigenvalue weighted by atomic mass is 35.5. The van der Waals surface area contributed by atoms with Crippen molar-refractivity contribution in [2.75, 3.05) is 16.0 Å². The molecule has 30 heavy (non-hydrogen) atoms. The van der Waals surface area contributed by atoms with Gasteiger partial charge in [0.15, 0.2) is 10.9 Å². The lowest BCUT2D eigenvalue weighted by Gasteiger charge is -2.41. The van der Waals surface area contributed by atoms with E-state index >= 15 is 0 Å². The summed E-state index contributed by atoms with van der Waals surface area (Å²) in [5.74, 6) is 0.304. The lowest BCUT2D eigenvalue weighted by atomic mass is 9.88. The SMILES string of the molecule is Cc1nc(NC(=O)N(c2nc(-c3cccc(Cl)c3)ccc2N)C2CC[C@H]2O)sc1C. The second kappa shape index (κ2) is 8.22. The van der Waals surface area contributed by atoms with Gasteiger partial charge in [0.1, 0.15) is 0 Å². The van der Waals surface area contributed by atoms with Gasteiger partial charge in [-0.15, -0.1) is 11.3 Å². The van der Waals surface area contributed by atoms with Gasteiger partial charge in [0.05, 0.1) is 29.2 Å². The zero-order valence-corrected chi connectivity index (χ0v) is 18.2. The van der Waals surface area contributed by atoms with E-state index in [2.05, 4.69) is 15.3 Å². The van der Waals surface area contributed by atoms with Crippen molar-refractivity contribution in [1.82, 2.24) is 9.97 Å². The Balaban J connectivity index is 1.72. The summed E-state index contributed by atoms with van der Waals surface area (Å²) in [7, 11) is 0. The highest BCUT2D eigenvalue weighted by Crippen LogP contribution is 2.35. The number of nitrogens with one attached hydrogen (secondary N) is 1. The largest absolute Gasteiger partial charge is 0.396 e. The highest BCUT2D eigenvalue weighted by Gasteiger charge is 2.39. The van der Waals surface area contributed by atoms with E-state index in [1.165, 1.54) is 16.2 Å². The number of hydrogen-bond donors (Lipinski definition) is 3. The molecule has 2 aromatic heterocycles. The number of benzene rings is 1. The van der Waals surface area contributed by atoms with Gasteiger partial charge in [0, 0.05) is 15.5 Å². The van der Waals surface area contributed by atoms with Crippen LogP contribution in [0.15, 0.2) is 36.4 Å². The van der Waals surface area contributed by atoms with E-state index in [1.54, 1.807) is 24.3 Å². The third-order valence-electron chi connectivity index (χ3n) is 5.25. The number of nitrogens with zero attached hydrogens (tertiary/aromatic N) is 3. The molecule has 1 aliphatic carbocycles. The average Bonchev–Trinajstić information content (AvgIpc) is 3.02. The number of carbonyl (C=O) groups excluding carboxylic acids is 1. The summed E-state index contributed by atoms with van der Waals surface area (Å²) >= 11 is 7.52. The van der Waals surface area contributed by atoms with Gasteiger partial charge in [-0.25, -0.2) is 14.8 Å². The number of carbonyl (C=O) groups is 1. The van der Waals surface area contributed by atoms with E-state index in [4.69, 9.17) is 17.3 Å². The van der Waals surface area contributed by atoms with Crippen LogP contribution in [0.4, 0.5) is 21.4 Å². The lowest BCUT2D eigenvalue weighted by molar-refractivity contribution is 0.0676. The van der Waals surface area contributed by atoms with E-state index in [0.29, 0.717) is 40.2 Å². The molecule has 1 aromatic carbocycles. The van der Waals surface area contributed by atoms with Gasteiger partial charge in [-0.3, -0.25) is 10.2 Å². The Morgan fingerprint density at radius 3 is 2.67 bits per heavy atom. The number of urea groups is 1. The van der Waals surface area contributed by atoms with Crippen LogP contribution in [-0.4, -0.2) is 33.3 Å². The monoisotopic (exact) mass is 443 g/mol. The number of anilines is 3. The second-order valence-electron chi connectivity index (χ2n) is 7.29. The van der Waals surface area contributed by atoms with Crippen LogP contribution < -0.4 is 16.0 Å². The molecule has 1 saturated carbocycles. The fourth-order valence-electron chi connectivity index (χ4n) is 3.31. The summed E-state index contributed by atoms with van der Waals surface area (Å²) in [6.07, 6.45) is 0.650. The molecule has 9 heteroatoms. The lowest BCUT2D eigenvalue weighted by Crippen LogP contribution is -2.55. The molecule has 1 unspecified atom stereocenters. The number of pyridine rings is 1. The molecular weight excluding hydrogens is 422 g/mol. The Bertz CT molecular complexity index is 1080. The molecule has 0 spiro atoms. The summed E-state index contributed by atoms with van der Waals surface area (Å²) in [6, 6.07) is 9.97. The molecule has 0 saturated heterocycles. The quantitative estimate of drug-likeness (QED) is 0.545. The molecule has 7 nitrogen and oxygen atoms in total. The normalized spacial score (nSPS) is 18.0. The van der Waals surface area contributed by atoms with Crippen molar-refractivity contribution in [3.8, 4) is 11.3 Å². The first-order valence-corrected chi connectivity index (χ1v) is 10.8. The highest BCUT2D eigenvalue weighted by molar-refractivity contribution is 7.15. The fraction of sp³-hybridized carbons (Fsp3) is 0.286. The van der Waals surface area contributed by atoms with Crippen LogP contribution in [0.5, 0.6) is 0 Å². The number of aliphatic hydroxyl groups is 1. The number of nitrogens with two attached hydrogens (primary N) is 1. The molecule has 0 aliphatic heterocycles. The van der Waals surface area contributed by atoms with Crippen molar-refractivity contribution < 1.29 is 9.90 Å². The van der Waals surface area contributed by atoms with Crippen LogP contribution in [0, 0.1) is 13.8 Å². The predicted molar refractivity (Wildman–Crippen MR) is 121 cm³/mol. The van der Waals surface area contributed by atoms with Gasteiger partial charge in [-0.05, 0) is 51.0 Å². The van der Waals surface area contributed by atoms with Crippen molar-refractivity contribution in [3.05, 3.63) is 52.0 Å². The van der Waals surface area contributed by atoms with Gasteiger partial charge in [-0.2, -0.15) is 0 Å². The van der Waals surface area contributed by atoms with Crippen LogP contribution in [-0.2, 0) is 0 Å². The summed E-state index contributed by atoms with van der Waals surface area (Å²) in [5.41, 5.74) is 8.87. The number of rotatable bonds is 4. The number of aryl methyl sites for hydroxylation is 2. The summed E-state index contributed by atoms with van der Waals surface area (Å²) in [6.45, 7) is 3.84. The Hall–Kier alpha value is -2.68. The molecule has 3 aromatic rings. The Morgan fingerprint density at radius 1 is 1.27 bits per heavy atom. The number of halogens is 1. The molecule has 4 rings (SSSR count). The van der Waals surface area contributed by atoms with Crippen molar-refractivity contribution in [3.63, 3.8) is 0 Å². The number of nitrogen functional groups attached to an aromatic ring is 1. The van der Waals surface area contributed by atoms with Gasteiger partial charge >= 0.3 is 6.03 Å². The Labute approximate surface area is 183 Å². The molecule has 4 N–H and O–H groups in total.